The summed E-state index contributed by atoms with van der Waals surface area (Å²) < 4.78 is 35.4. The quantitative estimate of drug-likeness (QED) is 0.546. The van der Waals surface area contributed by atoms with Crippen LogP contribution in [0.2, 0.25) is 0 Å². The molecule has 34 heavy (non-hydrogen) atoms. The summed E-state index contributed by atoms with van der Waals surface area (Å²) in [6.07, 6.45) is 2.14. The second-order valence-corrected chi connectivity index (χ2v) is 8.65. The molecule has 188 valence electrons. The molecule has 1 aliphatic rings. The van der Waals surface area contributed by atoms with Crippen molar-refractivity contribution in [3.63, 3.8) is 0 Å². The van der Waals surface area contributed by atoms with Crippen molar-refractivity contribution in [2.45, 2.75) is 52.4 Å². The normalized spacial score (nSPS) is 17.8. The Hall–Kier alpha value is -2.44. The lowest BCUT2D eigenvalue weighted by atomic mass is 9.98. The van der Waals surface area contributed by atoms with Crippen LogP contribution >= 0.6 is 0 Å². The summed E-state index contributed by atoms with van der Waals surface area (Å²) in [6.45, 7) is 12.4. The molecule has 0 amide bonds. The van der Waals surface area contributed by atoms with Crippen LogP contribution in [0.15, 0.2) is 36.4 Å². The van der Waals surface area contributed by atoms with Crippen LogP contribution in [0.25, 0.3) is 0 Å². The van der Waals surface area contributed by atoms with Crippen molar-refractivity contribution in [2.75, 3.05) is 52.9 Å². The smallest absolute Gasteiger partial charge is 0.161 e. The molecule has 0 aliphatic carbocycles. The van der Waals surface area contributed by atoms with Crippen LogP contribution in [-0.4, -0.2) is 52.9 Å². The molecule has 2 aromatic rings. The van der Waals surface area contributed by atoms with Crippen molar-refractivity contribution < 1.29 is 28.4 Å². The van der Waals surface area contributed by atoms with Gasteiger partial charge in [-0.2, -0.15) is 0 Å². The van der Waals surface area contributed by atoms with Crippen molar-refractivity contribution in [1.82, 2.24) is 0 Å². The molecule has 0 bridgehead atoms. The van der Waals surface area contributed by atoms with Crippen LogP contribution in [0.1, 0.15) is 63.5 Å². The van der Waals surface area contributed by atoms with Gasteiger partial charge >= 0.3 is 0 Å². The van der Waals surface area contributed by atoms with Crippen LogP contribution in [0, 0.1) is 0 Å². The lowest BCUT2D eigenvalue weighted by molar-refractivity contribution is 0.0639. The predicted molar refractivity (Wildman–Crippen MR) is 134 cm³/mol. The fraction of sp³-hybridized carbons (Fsp3) is 0.571. The maximum absolute atomic E-state index is 6.02. The molecule has 0 unspecified atom stereocenters. The average molecular weight is 473 g/mol. The van der Waals surface area contributed by atoms with Crippen molar-refractivity contribution in [3.8, 4) is 23.0 Å². The van der Waals surface area contributed by atoms with Gasteiger partial charge in [0, 0.05) is 0 Å². The van der Waals surface area contributed by atoms with Gasteiger partial charge in [0.25, 0.3) is 0 Å². The Bertz CT molecular complexity index is 796. The first kappa shape index (κ1) is 26.2. The highest BCUT2D eigenvalue weighted by atomic mass is 16.6. The molecule has 0 radical (unpaired) electrons. The monoisotopic (exact) mass is 472 g/mol. The van der Waals surface area contributed by atoms with E-state index in [0.717, 1.165) is 35.8 Å². The van der Waals surface area contributed by atoms with Gasteiger partial charge in [0.2, 0.25) is 0 Å². The summed E-state index contributed by atoms with van der Waals surface area (Å²) >= 11 is 0. The van der Waals surface area contributed by atoms with Gasteiger partial charge in [0.05, 0.1) is 26.4 Å². The number of hydrogen-bond acceptors (Lipinski definition) is 6. The average Bonchev–Trinajstić information content (AvgIpc) is 2.87. The SMILES string of the molecule is CC[C@H](C)c1ccc2c(c1)OCCOCCOc1ccc([C@@H](C)CC)cc1OCCOCCO2. The molecule has 0 spiro atoms. The number of rotatable bonds is 4. The van der Waals surface area contributed by atoms with E-state index in [1.165, 1.54) is 11.1 Å². The van der Waals surface area contributed by atoms with Crippen LogP contribution < -0.4 is 18.9 Å². The molecule has 6 nitrogen and oxygen atoms in total. The minimum atomic E-state index is 0.438. The van der Waals surface area contributed by atoms with Gasteiger partial charge in [-0.15, -0.1) is 0 Å². The second-order valence-electron chi connectivity index (χ2n) is 8.65. The number of benzene rings is 2. The van der Waals surface area contributed by atoms with Crippen molar-refractivity contribution in [1.29, 1.82) is 0 Å². The third-order valence-corrected chi connectivity index (χ3v) is 6.24. The van der Waals surface area contributed by atoms with Gasteiger partial charge in [0.15, 0.2) is 23.0 Å². The zero-order valence-electron chi connectivity index (χ0n) is 21.1. The first-order valence-corrected chi connectivity index (χ1v) is 12.6. The minimum Gasteiger partial charge on any atom is -0.487 e. The first-order valence-electron chi connectivity index (χ1n) is 12.6. The van der Waals surface area contributed by atoms with E-state index in [9.17, 15) is 0 Å². The standard InChI is InChI=1S/C28H40O6/c1-5-21(3)23-7-9-25-27(19-23)33-17-13-29-12-16-32-26-10-8-24(22(4)6-2)20-28(26)34-18-14-30-11-15-31-25/h7-10,19-22H,5-6,11-18H2,1-4H3/t21-,22-/m0/s1. The molecule has 2 atom stereocenters. The van der Waals surface area contributed by atoms with Gasteiger partial charge in [-0.25, -0.2) is 0 Å². The minimum absolute atomic E-state index is 0.438. The molecule has 0 fully saturated rings. The highest BCUT2D eigenvalue weighted by molar-refractivity contribution is 5.45. The molecular weight excluding hydrogens is 432 g/mol. The lowest BCUT2D eigenvalue weighted by Gasteiger charge is -2.18. The number of hydrogen-bond donors (Lipinski definition) is 0. The van der Waals surface area contributed by atoms with Crippen LogP contribution in [0.3, 0.4) is 0 Å². The zero-order valence-corrected chi connectivity index (χ0v) is 21.1. The lowest BCUT2D eigenvalue weighted by Crippen LogP contribution is -2.15. The second kappa shape index (κ2) is 14.1. The summed E-state index contributed by atoms with van der Waals surface area (Å²) in [4.78, 5) is 0. The largest absolute Gasteiger partial charge is 0.487 e. The highest BCUT2D eigenvalue weighted by Crippen LogP contribution is 2.33. The highest BCUT2D eigenvalue weighted by Gasteiger charge is 2.13. The van der Waals surface area contributed by atoms with Crippen LogP contribution in [0.5, 0.6) is 23.0 Å². The van der Waals surface area contributed by atoms with Crippen LogP contribution in [-0.2, 0) is 9.47 Å². The molecule has 0 N–H and O–H groups in total. The molecule has 0 saturated carbocycles. The molecular formula is C28H40O6. The fourth-order valence-electron chi connectivity index (χ4n) is 3.64. The van der Waals surface area contributed by atoms with Crippen molar-refractivity contribution >= 4 is 0 Å². The number of ether oxygens (including phenoxy) is 6. The van der Waals surface area contributed by atoms with Gasteiger partial charge in [-0.05, 0) is 60.1 Å². The molecule has 6 heteroatoms. The third-order valence-electron chi connectivity index (χ3n) is 6.24. The Balaban J connectivity index is 1.64. The van der Waals surface area contributed by atoms with Gasteiger partial charge < -0.3 is 28.4 Å². The van der Waals surface area contributed by atoms with E-state index in [-0.39, 0.29) is 0 Å². The van der Waals surface area contributed by atoms with Crippen molar-refractivity contribution in [3.05, 3.63) is 47.5 Å². The Labute approximate surface area is 204 Å². The van der Waals surface area contributed by atoms with E-state index in [4.69, 9.17) is 28.4 Å². The van der Waals surface area contributed by atoms with E-state index >= 15 is 0 Å². The third kappa shape index (κ3) is 7.81. The fourth-order valence-corrected chi connectivity index (χ4v) is 3.64. The molecule has 0 saturated heterocycles. The van der Waals surface area contributed by atoms with E-state index < -0.39 is 0 Å². The maximum atomic E-state index is 6.02. The number of fused-ring (bicyclic) bond motifs is 2. The van der Waals surface area contributed by atoms with E-state index in [1.54, 1.807) is 0 Å². The Morgan fingerprint density at radius 3 is 1.24 bits per heavy atom. The van der Waals surface area contributed by atoms with Gasteiger partial charge in [0.1, 0.15) is 26.4 Å². The van der Waals surface area contributed by atoms with E-state index in [0.29, 0.717) is 64.7 Å². The summed E-state index contributed by atoms with van der Waals surface area (Å²) in [5.41, 5.74) is 2.48. The summed E-state index contributed by atoms with van der Waals surface area (Å²) in [6, 6.07) is 12.3. The molecule has 2 aromatic carbocycles. The molecule has 1 aliphatic heterocycles. The van der Waals surface area contributed by atoms with Crippen molar-refractivity contribution in [2.24, 2.45) is 0 Å². The van der Waals surface area contributed by atoms with Crippen LogP contribution in [0.4, 0.5) is 0 Å². The maximum Gasteiger partial charge on any atom is 0.161 e. The Morgan fingerprint density at radius 2 is 0.882 bits per heavy atom. The predicted octanol–water partition coefficient (Wildman–Crippen LogP) is 5.98. The Kier molecular flexibility index (Phi) is 10.8. The summed E-state index contributed by atoms with van der Waals surface area (Å²) in [5, 5.41) is 0. The topological polar surface area (TPSA) is 55.4 Å². The Morgan fingerprint density at radius 1 is 0.529 bits per heavy atom. The molecule has 3 rings (SSSR count). The van der Waals surface area contributed by atoms with Gasteiger partial charge in [-0.1, -0.05) is 39.8 Å². The summed E-state index contributed by atoms with van der Waals surface area (Å²) in [7, 11) is 0. The zero-order chi connectivity index (χ0) is 24.2. The van der Waals surface area contributed by atoms with Gasteiger partial charge in [-0.3, -0.25) is 0 Å². The van der Waals surface area contributed by atoms with E-state index in [2.05, 4.69) is 52.0 Å². The van der Waals surface area contributed by atoms with E-state index in [1.807, 2.05) is 12.1 Å². The molecule has 0 aromatic heterocycles. The molecule has 1 heterocycles. The summed E-state index contributed by atoms with van der Waals surface area (Å²) in [5.74, 6) is 3.86. The first-order chi connectivity index (χ1) is 16.6.